The van der Waals surface area contributed by atoms with Crippen LogP contribution < -0.4 is 11.1 Å². The van der Waals surface area contributed by atoms with Gasteiger partial charge in [-0.05, 0) is 36.8 Å². The van der Waals surface area contributed by atoms with Crippen LogP contribution in [0.25, 0.3) is 6.08 Å². The molecule has 2 rings (SSSR count). The number of primary amides is 1. The Morgan fingerprint density at radius 1 is 1.24 bits per heavy atom. The van der Waals surface area contributed by atoms with Gasteiger partial charge in [-0.1, -0.05) is 18.7 Å². The molecule has 0 bridgehead atoms. The van der Waals surface area contributed by atoms with E-state index in [1.165, 1.54) is 24.3 Å². The van der Waals surface area contributed by atoms with Gasteiger partial charge in [-0.3, -0.25) is 4.79 Å². The average molecular weight is 288 g/mol. The van der Waals surface area contributed by atoms with Crippen LogP contribution in [0.4, 0.5) is 20.2 Å². The predicted molar refractivity (Wildman–Crippen MR) is 79.4 cm³/mol. The molecule has 1 amide bonds. The molecule has 0 aromatic heterocycles. The summed E-state index contributed by atoms with van der Waals surface area (Å²) in [6.07, 6.45) is 1.25. The van der Waals surface area contributed by atoms with E-state index >= 15 is 0 Å². The third-order valence-corrected chi connectivity index (χ3v) is 3.05. The highest BCUT2D eigenvalue weighted by Crippen LogP contribution is 2.29. The summed E-state index contributed by atoms with van der Waals surface area (Å²) in [6.45, 7) is 5.25. The molecule has 0 atom stereocenters. The number of amides is 1. The molecule has 0 fully saturated rings. The van der Waals surface area contributed by atoms with E-state index < -0.39 is 17.5 Å². The van der Waals surface area contributed by atoms with Gasteiger partial charge in [-0.25, -0.2) is 8.78 Å². The Morgan fingerprint density at radius 3 is 2.52 bits per heavy atom. The van der Waals surface area contributed by atoms with Crippen molar-refractivity contribution in [1.29, 1.82) is 0 Å². The second kappa shape index (κ2) is 5.75. The molecule has 0 aliphatic carbocycles. The van der Waals surface area contributed by atoms with E-state index in [1.54, 1.807) is 13.0 Å². The highest BCUT2D eigenvalue weighted by molar-refractivity contribution is 6.01. The summed E-state index contributed by atoms with van der Waals surface area (Å²) in [4.78, 5) is 11.5. The second-order valence-electron chi connectivity index (χ2n) is 4.56. The zero-order chi connectivity index (χ0) is 15.6. The molecule has 0 saturated carbocycles. The Hall–Kier alpha value is -2.69. The summed E-state index contributed by atoms with van der Waals surface area (Å²) in [7, 11) is 0. The Bertz CT molecular complexity index is 726. The molecule has 3 nitrogen and oxygen atoms in total. The first kappa shape index (κ1) is 14.7. The lowest BCUT2D eigenvalue weighted by Crippen LogP contribution is -2.15. The minimum Gasteiger partial charge on any atom is -0.366 e. The summed E-state index contributed by atoms with van der Waals surface area (Å²) in [6, 6.07) is 6.90. The summed E-state index contributed by atoms with van der Waals surface area (Å²) in [5.41, 5.74) is 6.36. The molecular formula is C16H14F2N2O. The minimum absolute atomic E-state index is 0.0614. The third kappa shape index (κ3) is 2.91. The zero-order valence-electron chi connectivity index (χ0n) is 11.4. The number of benzene rings is 2. The lowest BCUT2D eigenvalue weighted by molar-refractivity contribution is 0.100. The summed E-state index contributed by atoms with van der Waals surface area (Å²) in [5, 5.41) is 2.72. The van der Waals surface area contributed by atoms with Gasteiger partial charge in [-0.15, -0.1) is 0 Å². The van der Waals surface area contributed by atoms with Crippen LogP contribution in [-0.4, -0.2) is 5.91 Å². The van der Waals surface area contributed by atoms with Gasteiger partial charge in [0.05, 0.1) is 16.9 Å². The highest BCUT2D eigenvalue weighted by Gasteiger charge is 2.16. The van der Waals surface area contributed by atoms with Crippen LogP contribution in [0.2, 0.25) is 0 Å². The fraction of sp³-hybridized carbons (Fsp3) is 0.0625. The summed E-state index contributed by atoms with van der Waals surface area (Å²) < 4.78 is 27.7. The number of hydrogen-bond acceptors (Lipinski definition) is 2. The van der Waals surface area contributed by atoms with Gasteiger partial charge in [0.2, 0.25) is 0 Å². The van der Waals surface area contributed by atoms with Crippen LogP contribution in [-0.2, 0) is 0 Å². The second-order valence-corrected chi connectivity index (χ2v) is 4.56. The smallest absolute Gasteiger partial charge is 0.250 e. The van der Waals surface area contributed by atoms with E-state index in [9.17, 15) is 13.6 Å². The molecule has 5 heteroatoms. The van der Waals surface area contributed by atoms with Crippen molar-refractivity contribution in [3.63, 3.8) is 0 Å². The van der Waals surface area contributed by atoms with Crippen LogP contribution in [0.5, 0.6) is 0 Å². The molecule has 0 radical (unpaired) electrons. The number of halogens is 2. The third-order valence-electron chi connectivity index (χ3n) is 3.05. The van der Waals surface area contributed by atoms with Crippen molar-refractivity contribution in [2.45, 2.75) is 6.92 Å². The number of hydrogen-bond donors (Lipinski definition) is 2. The summed E-state index contributed by atoms with van der Waals surface area (Å²) >= 11 is 0. The summed E-state index contributed by atoms with van der Waals surface area (Å²) in [5.74, 6) is -1.83. The quantitative estimate of drug-likeness (QED) is 0.900. The predicted octanol–water partition coefficient (Wildman–Crippen LogP) is 3.76. The molecular weight excluding hydrogens is 274 g/mol. The fourth-order valence-corrected chi connectivity index (χ4v) is 1.99. The molecule has 0 heterocycles. The molecule has 0 aliphatic heterocycles. The van der Waals surface area contributed by atoms with Crippen LogP contribution in [0, 0.1) is 18.6 Å². The van der Waals surface area contributed by atoms with Crippen LogP contribution in [0.15, 0.2) is 36.9 Å². The first-order valence-corrected chi connectivity index (χ1v) is 6.22. The maximum Gasteiger partial charge on any atom is 0.250 e. The van der Waals surface area contributed by atoms with E-state index in [0.29, 0.717) is 0 Å². The molecule has 3 N–H and O–H groups in total. The number of carbonyl (C=O) groups is 1. The van der Waals surface area contributed by atoms with Crippen LogP contribution in [0.1, 0.15) is 21.5 Å². The lowest BCUT2D eigenvalue weighted by atomic mass is 10.0. The van der Waals surface area contributed by atoms with Gasteiger partial charge in [0.15, 0.2) is 0 Å². The largest absolute Gasteiger partial charge is 0.366 e. The Morgan fingerprint density at radius 2 is 1.95 bits per heavy atom. The minimum atomic E-state index is -0.742. The van der Waals surface area contributed by atoms with Gasteiger partial charge in [0, 0.05) is 5.56 Å². The van der Waals surface area contributed by atoms with E-state index in [2.05, 4.69) is 11.9 Å². The Balaban J connectivity index is 2.59. The van der Waals surface area contributed by atoms with E-state index in [0.717, 1.165) is 11.6 Å². The molecule has 0 aliphatic rings. The van der Waals surface area contributed by atoms with Crippen molar-refractivity contribution in [2.24, 2.45) is 5.73 Å². The number of aryl methyl sites for hydroxylation is 1. The van der Waals surface area contributed by atoms with Crippen molar-refractivity contribution < 1.29 is 13.6 Å². The molecule has 0 unspecified atom stereocenters. The first-order chi connectivity index (χ1) is 9.93. The van der Waals surface area contributed by atoms with Crippen molar-refractivity contribution in [1.82, 2.24) is 0 Å². The molecule has 2 aromatic rings. The molecule has 108 valence electrons. The van der Waals surface area contributed by atoms with E-state index in [4.69, 9.17) is 5.73 Å². The standard InChI is InChI=1S/C16H14F2N2O/c1-3-10-12(17)6-5-11(16(19)21)15(10)20-14-7-4-9(2)8-13(14)18/h3-8,20H,1H2,2H3,(H2,19,21). The molecule has 21 heavy (non-hydrogen) atoms. The van der Waals surface area contributed by atoms with Gasteiger partial charge in [-0.2, -0.15) is 0 Å². The number of nitrogens with two attached hydrogens (primary N) is 1. The normalized spacial score (nSPS) is 10.2. The first-order valence-electron chi connectivity index (χ1n) is 6.22. The van der Waals surface area contributed by atoms with E-state index in [1.807, 2.05) is 0 Å². The van der Waals surface area contributed by atoms with Gasteiger partial charge >= 0.3 is 0 Å². The fourth-order valence-electron chi connectivity index (χ4n) is 1.99. The molecule has 2 aromatic carbocycles. The number of nitrogens with one attached hydrogen (secondary N) is 1. The average Bonchev–Trinajstić information content (AvgIpc) is 2.41. The van der Waals surface area contributed by atoms with Gasteiger partial charge < -0.3 is 11.1 Å². The SMILES string of the molecule is C=Cc1c(F)ccc(C(N)=O)c1Nc1ccc(C)cc1F. The topological polar surface area (TPSA) is 55.1 Å². The lowest BCUT2D eigenvalue weighted by Gasteiger charge is -2.15. The highest BCUT2D eigenvalue weighted by atomic mass is 19.1. The molecule has 0 saturated heterocycles. The number of rotatable bonds is 4. The van der Waals surface area contributed by atoms with Gasteiger partial charge in [0.1, 0.15) is 11.6 Å². The number of carbonyl (C=O) groups excluding carboxylic acids is 1. The maximum atomic E-state index is 13.9. The van der Waals surface area contributed by atoms with Crippen molar-refractivity contribution in [2.75, 3.05) is 5.32 Å². The van der Waals surface area contributed by atoms with Crippen molar-refractivity contribution >= 4 is 23.4 Å². The zero-order valence-corrected chi connectivity index (χ0v) is 11.4. The maximum absolute atomic E-state index is 13.9. The molecule has 0 spiro atoms. The van der Waals surface area contributed by atoms with Crippen molar-refractivity contribution in [3.05, 3.63) is 65.2 Å². The Labute approximate surface area is 121 Å². The monoisotopic (exact) mass is 288 g/mol. The van der Waals surface area contributed by atoms with Crippen LogP contribution >= 0.6 is 0 Å². The Kier molecular flexibility index (Phi) is 4.03. The number of anilines is 2. The van der Waals surface area contributed by atoms with Crippen LogP contribution in [0.3, 0.4) is 0 Å². The van der Waals surface area contributed by atoms with Crippen molar-refractivity contribution in [3.8, 4) is 0 Å². The van der Waals surface area contributed by atoms with E-state index in [-0.39, 0.29) is 22.5 Å². The van der Waals surface area contributed by atoms with Gasteiger partial charge in [0.25, 0.3) is 5.91 Å².